The zero-order valence-electron chi connectivity index (χ0n) is 11.8. The molecule has 4 heteroatoms. The number of ether oxygens (including phenoxy) is 1. The second kappa shape index (κ2) is 6.04. The third-order valence-corrected chi connectivity index (χ3v) is 4.01. The van der Waals surface area contributed by atoms with Crippen molar-refractivity contribution in [2.75, 3.05) is 6.54 Å². The van der Waals surface area contributed by atoms with Gasteiger partial charge >= 0.3 is 0 Å². The highest BCUT2D eigenvalue weighted by atomic mass is 35.5. The minimum Gasteiger partial charge on any atom is -0.485 e. The topological polar surface area (TPSA) is 21.3 Å². The van der Waals surface area contributed by atoms with E-state index in [1.54, 1.807) is 6.07 Å². The minimum atomic E-state index is -0.277. The van der Waals surface area contributed by atoms with E-state index >= 15 is 0 Å². The average Bonchev–Trinajstić information content (AvgIpc) is 2.47. The number of halogens is 2. The molecule has 0 saturated carbocycles. The van der Waals surface area contributed by atoms with Gasteiger partial charge in [-0.15, -0.1) is 0 Å². The van der Waals surface area contributed by atoms with Crippen LogP contribution in [-0.4, -0.2) is 6.54 Å². The van der Waals surface area contributed by atoms with Crippen molar-refractivity contribution in [1.82, 2.24) is 5.32 Å². The van der Waals surface area contributed by atoms with E-state index in [-0.39, 0.29) is 18.0 Å². The molecule has 21 heavy (non-hydrogen) atoms. The normalized spacial score (nSPS) is 20.7. The summed E-state index contributed by atoms with van der Waals surface area (Å²) in [6.07, 6.45) is 0.717. The number of fused-ring (bicyclic) bond motifs is 1. The zero-order chi connectivity index (χ0) is 14.8. The fourth-order valence-corrected chi connectivity index (χ4v) is 2.89. The quantitative estimate of drug-likeness (QED) is 0.891. The maximum Gasteiger partial charge on any atom is 0.127 e. The Bertz CT molecular complexity index is 629. The molecule has 0 radical (unpaired) electrons. The molecule has 1 aliphatic rings. The lowest BCUT2D eigenvalue weighted by atomic mass is 9.93. The monoisotopic (exact) mass is 305 g/mol. The van der Waals surface area contributed by atoms with Crippen LogP contribution in [0.1, 0.15) is 36.6 Å². The number of hydrogen-bond acceptors (Lipinski definition) is 2. The molecule has 0 fully saturated rings. The van der Waals surface area contributed by atoms with Gasteiger partial charge in [0.05, 0.1) is 0 Å². The van der Waals surface area contributed by atoms with Gasteiger partial charge in [0, 0.05) is 29.1 Å². The largest absolute Gasteiger partial charge is 0.485 e. The van der Waals surface area contributed by atoms with Crippen LogP contribution in [0.3, 0.4) is 0 Å². The summed E-state index contributed by atoms with van der Waals surface area (Å²) < 4.78 is 19.5. The molecule has 0 spiro atoms. The zero-order valence-corrected chi connectivity index (χ0v) is 12.5. The molecular formula is C17H17ClFNO. The van der Waals surface area contributed by atoms with Crippen molar-refractivity contribution in [2.24, 2.45) is 0 Å². The molecule has 1 aliphatic heterocycles. The summed E-state index contributed by atoms with van der Waals surface area (Å²) in [4.78, 5) is 0. The van der Waals surface area contributed by atoms with Gasteiger partial charge in [0.1, 0.15) is 17.7 Å². The highest BCUT2D eigenvalue weighted by Gasteiger charge is 2.29. The van der Waals surface area contributed by atoms with Gasteiger partial charge in [0.2, 0.25) is 0 Å². The van der Waals surface area contributed by atoms with Gasteiger partial charge in [0.25, 0.3) is 0 Å². The Morgan fingerprint density at radius 1 is 1.24 bits per heavy atom. The van der Waals surface area contributed by atoms with Crippen LogP contribution in [0.4, 0.5) is 4.39 Å². The fourth-order valence-electron chi connectivity index (χ4n) is 2.76. The molecule has 0 aliphatic carbocycles. The van der Waals surface area contributed by atoms with Crippen LogP contribution < -0.4 is 10.1 Å². The molecule has 110 valence electrons. The minimum absolute atomic E-state index is 0.0967. The summed E-state index contributed by atoms with van der Waals surface area (Å²) >= 11 is 5.93. The van der Waals surface area contributed by atoms with Crippen molar-refractivity contribution in [3.05, 3.63) is 64.4 Å². The van der Waals surface area contributed by atoms with Gasteiger partial charge in [-0.25, -0.2) is 4.39 Å². The molecule has 2 nitrogen and oxygen atoms in total. The summed E-state index contributed by atoms with van der Waals surface area (Å²) in [5.74, 6) is 0.341. The predicted octanol–water partition coefficient (Wildman–Crippen LogP) is 4.65. The van der Waals surface area contributed by atoms with Crippen molar-refractivity contribution < 1.29 is 9.13 Å². The van der Waals surface area contributed by atoms with Gasteiger partial charge in [0.15, 0.2) is 0 Å². The molecule has 0 bridgehead atoms. The van der Waals surface area contributed by atoms with E-state index in [4.69, 9.17) is 16.3 Å². The van der Waals surface area contributed by atoms with Crippen LogP contribution in [0, 0.1) is 5.82 Å². The Kier molecular flexibility index (Phi) is 4.13. The molecule has 0 aromatic heterocycles. The standard InChI is InChI=1S/C17H17ClFNO/c1-2-20-15-10-16(11-3-5-12(18)6-4-11)21-17-9-13(19)7-8-14(15)17/h3-9,15-16,20H,2,10H2,1H3. The van der Waals surface area contributed by atoms with Gasteiger partial charge < -0.3 is 10.1 Å². The average molecular weight is 306 g/mol. The molecule has 2 aromatic rings. The molecule has 3 rings (SSSR count). The van der Waals surface area contributed by atoms with E-state index in [1.165, 1.54) is 12.1 Å². The lowest BCUT2D eigenvalue weighted by molar-refractivity contribution is 0.151. The smallest absolute Gasteiger partial charge is 0.127 e. The molecule has 2 aromatic carbocycles. The Morgan fingerprint density at radius 2 is 2.00 bits per heavy atom. The maximum atomic E-state index is 13.5. The summed E-state index contributed by atoms with van der Waals surface area (Å²) in [5, 5.41) is 4.14. The third kappa shape index (κ3) is 3.04. The Hall–Kier alpha value is -1.58. The van der Waals surface area contributed by atoms with Crippen LogP contribution in [0.5, 0.6) is 5.75 Å². The van der Waals surface area contributed by atoms with Crippen molar-refractivity contribution in [3.8, 4) is 5.75 Å². The van der Waals surface area contributed by atoms with Crippen LogP contribution >= 0.6 is 11.6 Å². The highest BCUT2D eigenvalue weighted by Crippen LogP contribution is 2.41. The van der Waals surface area contributed by atoms with Crippen molar-refractivity contribution in [3.63, 3.8) is 0 Å². The number of hydrogen-bond donors (Lipinski definition) is 1. The first-order chi connectivity index (χ1) is 10.2. The molecule has 1 heterocycles. The van der Waals surface area contributed by atoms with E-state index in [1.807, 2.05) is 24.3 Å². The van der Waals surface area contributed by atoms with Crippen LogP contribution in [0.2, 0.25) is 5.02 Å². The summed E-state index contributed by atoms with van der Waals surface area (Å²) in [5.41, 5.74) is 2.07. The first kappa shape index (κ1) is 14.4. The van der Waals surface area contributed by atoms with Gasteiger partial charge in [-0.05, 0) is 30.3 Å². The van der Waals surface area contributed by atoms with E-state index in [0.717, 1.165) is 24.1 Å². The summed E-state index contributed by atoms with van der Waals surface area (Å²) in [6.45, 7) is 2.92. The highest BCUT2D eigenvalue weighted by molar-refractivity contribution is 6.30. The van der Waals surface area contributed by atoms with Crippen LogP contribution in [0.25, 0.3) is 0 Å². The fraction of sp³-hybridized carbons (Fsp3) is 0.294. The predicted molar refractivity (Wildman–Crippen MR) is 82.3 cm³/mol. The lowest BCUT2D eigenvalue weighted by Crippen LogP contribution is -2.29. The first-order valence-corrected chi connectivity index (χ1v) is 7.50. The van der Waals surface area contributed by atoms with Gasteiger partial charge in [-0.1, -0.05) is 36.7 Å². The Morgan fingerprint density at radius 3 is 2.71 bits per heavy atom. The van der Waals surface area contributed by atoms with Crippen molar-refractivity contribution >= 4 is 11.6 Å². The second-order valence-electron chi connectivity index (χ2n) is 5.19. The van der Waals surface area contributed by atoms with Gasteiger partial charge in [-0.3, -0.25) is 0 Å². The summed E-state index contributed by atoms with van der Waals surface area (Å²) in [6, 6.07) is 12.5. The summed E-state index contributed by atoms with van der Waals surface area (Å²) in [7, 11) is 0. The van der Waals surface area contributed by atoms with E-state index in [0.29, 0.717) is 10.8 Å². The molecule has 2 atom stereocenters. The SMILES string of the molecule is CCNC1CC(c2ccc(Cl)cc2)Oc2cc(F)ccc21. The molecular weight excluding hydrogens is 289 g/mol. The Labute approximate surface area is 128 Å². The lowest BCUT2D eigenvalue weighted by Gasteiger charge is -2.33. The van der Waals surface area contributed by atoms with Crippen LogP contribution in [-0.2, 0) is 0 Å². The third-order valence-electron chi connectivity index (χ3n) is 3.76. The van der Waals surface area contributed by atoms with E-state index in [9.17, 15) is 4.39 Å². The maximum absolute atomic E-state index is 13.5. The molecule has 1 N–H and O–H groups in total. The molecule has 0 saturated heterocycles. The van der Waals surface area contributed by atoms with E-state index in [2.05, 4.69) is 12.2 Å². The number of nitrogens with one attached hydrogen (secondary N) is 1. The second-order valence-corrected chi connectivity index (χ2v) is 5.62. The molecule has 2 unspecified atom stereocenters. The van der Waals surface area contributed by atoms with Crippen molar-refractivity contribution in [1.29, 1.82) is 0 Å². The van der Waals surface area contributed by atoms with Gasteiger partial charge in [-0.2, -0.15) is 0 Å². The first-order valence-electron chi connectivity index (χ1n) is 7.12. The Balaban J connectivity index is 1.94. The number of rotatable bonds is 3. The van der Waals surface area contributed by atoms with Crippen LogP contribution in [0.15, 0.2) is 42.5 Å². The van der Waals surface area contributed by atoms with E-state index < -0.39 is 0 Å². The van der Waals surface area contributed by atoms with Crippen molar-refractivity contribution in [2.45, 2.75) is 25.5 Å². The molecule has 0 amide bonds. The number of benzene rings is 2.